The van der Waals surface area contributed by atoms with Crippen LogP contribution in [0.5, 0.6) is 0 Å². The number of rotatable bonds is 4. The van der Waals surface area contributed by atoms with E-state index in [9.17, 15) is 9.59 Å². The summed E-state index contributed by atoms with van der Waals surface area (Å²) in [6, 6.07) is 9.95. The minimum atomic E-state index is -0.728. The molecule has 0 bridgehead atoms. The molecule has 0 unspecified atom stereocenters. The lowest BCUT2D eigenvalue weighted by Gasteiger charge is -2.26. The van der Waals surface area contributed by atoms with E-state index in [0.29, 0.717) is 31.4 Å². The van der Waals surface area contributed by atoms with Crippen molar-refractivity contribution in [2.75, 3.05) is 0 Å². The number of para-hydroxylation sites is 1. The lowest BCUT2D eigenvalue weighted by atomic mass is 9.86. The third kappa shape index (κ3) is 3.11. The molecule has 0 saturated heterocycles. The minimum Gasteiger partial charge on any atom is -0.481 e. The topological polar surface area (TPSA) is 84.2 Å². The molecule has 4 rings (SSSR count). The fourth-order valence-electron chi connectivity index (χ4n) is 4.14. The molecule has 2 aliphatic rings. The molecule has 0 radical (unpaired) electrons. The van der Waals surface area contributed by atoms with Gasteiger partial charge in [0.05, 0.1) is 11.6 Å². The van der Waals surface area contributed by atoms with Crippen molar-refractivity contribution in [3.63, 3.8) is 0 Å². The highest BCUT2D eigenvalue weighted by molar-refractivity contribution is 5.94. The lowest BCUT2D eigenvalue weighted by Crippen LogP contribution is -2.39. The molecular formula is C20H23N3O3. The van der Waals surface area contributed by atoms with E-state index in [-0.39, 0.29) is 17.9 Å². The molecule has 1 aromatic heterocycles. The van der Waals surface area contributed by atoms with Crippen molar-refractivity contribution in [3.8, 4) is 5.69 Å². The van der Waals surface area contributed by atoms with Gasteiger partial charge in [0.15, 0.2) is 5.69 Å². The van der Waals surface area contributed by atoms with Crippen molar-refractivity contribution < 1.29 is 14.7 Å². The van der Waals surface area contributed by atoms with Gasteiger partial charge in [0, 0.05) is 17.3 Å². The Hall–Kier alpha value is -2.63. The molecule has 1 heterocycles. The number of carbonyl (C=O) groups is 2. The first kappa shape index (κ1) is 16.8. The molecule has 6 nitrogen and oxygen atoms in total. The number of hydrogen-bond acceptors (Lipinski definition) is 3. The first-order chi connectivity index (χ1) is 12.6. The summed E-state index contributed by atoms with van der Waals surface area (Å²) in [5, 5.41) is 16.8. The predicted molar refractivity (Wildman–Crippen MR) is 96.4 cm³/mol. The van der Waals surface area contributed by atoms with Gasteiger partial charge in [-0.3, -0.25) is 9.59 Å². The molecule has 136 valence electrons. The number of carboxylic acids is 1. The maximum atomic E-state index is 12.8. The molecule has 1 amide bonds. The van der Waals surface area contributed by atoms with Gasteiger partial charge in [0.25, 0.3) is 5.91 Å². The molecule has 1 fully saturated rings. The maximum absolute atomic E-state index is 12.8. The quantitative estimate of drug-likeness (QED) is 0.885. The molecule has 0 aliphatic heterocycles. The zero-order valence-corrected chi connectivity index (χ0v) is 14.6. The van der Waals surface area contributed by atoms with Crippen LogP contribution in [0.1, 0.15) is 53.8 Å². The van der Waals surface area contributed by atoms with E-state index in [1.807, 2.05) is 35.0 Å². The van der Waals surface area contributed by atoms with Crippen molar-refractivity contribution in [2.24, 2.45) is 5.92 Å². The van der Waals surface area contributed by atoms with Crippen molar-refractivity contribution >= 4 is 11.9 Å². The van der Waals surface area contributed by atoms with Gasteiger partial charge >= 0.3 is 5.97 Å². The Balaban J connectivity index is 1.51. The van der Waals surface area contributed by atoms with E-state index in [0.717, 1.165) is 36.2 Å². The Morgan fingerprint density at radius 1 is 1.08 bits per heavy atom. The number of aromatic nitrogens is 2. The van der Waals surface area contributed by atoms with Gasteiger partial charge in [0.2, 0.25) is 0 Å². The summed E-state index contributed by atoms with van der Waals surface area (Å²) in [4.78, 5) is 23.9. The highest BCUT2D eigenvalue weighted by Gasteiger charge is 2.30. The van der Waals surface area contributed by atoms with Gasteiger partial charge in [-0.15, -0.1) is 0 Å². The second-order valence-electron chi connectivity index (χ2n) is 7.24. The summed E-state index contributed by atoms with van der Waals surface area (Å²) < 4.78 is 1.90. The van der Waals surface area contributed by atoms with Crippen molar-refractivity contribution in [1.29, 1.82) is 0 Å². The number of nitrogens with zero attached hydrogens (tertiary/aromatic N) is 2. The number of nitrogens with one attached hydrogen (secondary N) is 1. The van der Waals surface area contributed by atoms with Crippen molar-refractivity contribution in [3.05, 3.63) is 47.3 Å². The van der Waals surface area contributed by atoms with Crippen LogP contribution in [0.3, 0.4) is 0 Å². The van der Waals surface area contributed by atoms with Crippen LogP contribution in [0.15, 0.2) is 30.3 Å². The van der Waals surface area contributed by atoms with Crippen LogP contribution in [0, 0.1) is 5.92 Å². The van der Waals surface area contributed by atoms with E-state index in [4.69, 9.17) is 5.11 Å². The number of hydrogen-bond donors (Lipinski definition) is 2. The normalized spacial score (nSPS) is 22.0. The number of benzene rings is 1. The summed E-state index contributed by atoms with van der Waals surface area (Å²) in [6.07, 6.45) is 5.54. The molecule has 2 N–H and O–H groups in total. The Morgan fingerprint density at radius 3 is 2.50 bits per heavy atom. The zero-order valence-electron chi connectivity index (χ0n) is 14.6. The van der Waals surface area contributed by atoms with Crippen LogP contribution < -0.4 is 5.32 Å². The summed E-state index contributed by atoms with van der Waals surface area (Å²) in [5.74, 6) is -1.13. The molecular weight excluding hydrogens is 330 g/mol. The van der Waals surface area contributed by atoms with E-state index in [2.05, 4.69) is 10.4 Å². The minimum absolute atomic E-state index is 0.0389. The van der Waals surface area contributed by atoms with Crippen molar-refractivity contribution in [2.45, 2.75) is 51.0 Å². The Labute approximate surface area is 152 Å². The lowest BCUT2D eigenvalue weighted by molar-refractivity contribution is -0.142. The summed E-state index contributed by atoms with van der Waals surface area (Å²) in [6.45, 7) is 0. The van der Waals surface area contributed by atoms with Gasteiger partial charge in [-0.2, -0.15) is 5.10 Å². The number of fused-ring (bicyclic) bond motifs is 1. The van der Waals surface area contributed by atoms with E-state index < -0.39 is 5.97 Å². The van der Waals surface area contributed by atoms with Gasteiger partial charge in [-0.25, -0.2) is 4.68 Å². The second kappa shape index (κ2) is 6.94. The second-order valence-corrected chi connectivity index (χ2v) is 7.24. The average Bonchev–Trinajstić information content (AvgIpc) is 3.25. The molecule has 26 heavy (non-hydrogen) atoms. The van der Waals surface area contributed by atoms with E-state index in [1.54, 1.807) is 0 Å². The van der Waals surface area contributed by atoms with Gasteiger partial charge in [-0.1, -0.05) is 18.2 Å². The monoisotopic (exact) mass is 353 g/mol. The van der Waals surface area contributed by atoms with Gasteiger partial charge < -0.3 is 10.4 Å². The Morgan fingerprint density at radius 2 is 1.81 bits per heavy atom. The van der Waals surface area contributed by atoms with Crippen LogP contribution in [0.2, 0.25) is 0 Å². The summed E-state index contributed by atoms with van der Waals surface area (Å²) >= 11 is 0. The molecule has 2 aromatic rings. The highest BCUT2D eigenvalue weighted by atomic mass is 16.4. The largest absolute Gasteiger partial charge is 0.481 e. The van der Waals surface area contributed by atoms with Crippen LogP contribution in [-0.2, 0) is 17.6 Å². The van der Waals surface area contributed by atoms with Crippen LogP contribution in [-0.4, -0.2) is 32.8 Å². The SMILES string of the molecule is O=C(NC1CCC(C(=O)O)CC1)c1nn(-c2ccccc2)c2c1CCC2. The number of carboxylic acid groups (broad SMARTS) is 1. The fraction of sp³-hybridized carbons (Fsp3) is 0.450. The zero-order chi connectivity index (χ0) is 18.1. The van der Waals surface area contributed by atoms with E-state index in [1.165, 1.54) is 0 Å². The molecule has 0 atom stereocenters. The first-order valence-electron chi connectivity index (χ1n) is 9.33. The molecule has 6 heteroatoms. The maximum Gasteiger partial charge on any atom is 0.306 e. The van der Waals surface area contributed by atoms with Crippen molar-refractivity contribution in [1.82, 2.24) is 15.1 Å². The Bertz CT molecular complexity index is 820. The third-order valence-electron chi connectivity index (χ3n) is 5.56. The predicted octanol–water partition coefficient (Wildman–Crippen LogP) is 2.73. The molecule has 1 aromatic carbocycles. The number of amides is 1. The standard InChI is InChI=1S/C20H23N3O3/c24-19(21-14-11-9-13(10-12-14)20(25)26)18-16-7-4-8-17(16)23(22-18)15-5-2-1-3-6-15/h1-3,5-6,13-14H,4,7-12H2,(H,21,24)(H,25,26). The summed E-state index contributed by atoms with van der Waals surface area (Å²) in [5.41, 5.74) is 3.70. The van der Waals surface area contributed by atoms with Crippen LogP contribution >= 0.6 is 0 Å². The first-order valence-corrected chi connectivity index (χ1v) is 9.33. The average molecular weight is 353 g/mol. The Kier molecular flexibility index (Phi) is 4.49. The fourth-order valence-corrected chi connectivity index (χ4v) is 4.14. The smallest absolute Gasteiger partial charge is 0.306 e. The number of aliphatic carboxylic acids is 1. The molecule has 2 aliphatic carbocycles. The molecule has 1 saturated carbocycles. The van der Waals surface area contributed by atoms with E-state index >= 15 is 0 Å². The van der Waals surface area contributed by atoms with Crippen LogP contribution in [0.25, 0.3) is 5.69 Å². The van der Waals surface area contributed by atoms with Gasteiger partial charge in [0.1, 0.15) is 0 Å². The van der Waals surface area contributed by atoms with Gasteiger partial charge in [-0.05, 0) is 57.1 Å². The molecule has 0 spiro atoms. The summed E-state index contributed by atoms with van der Waals surface area (Å²) in [7, 11) is 0. The van der Waals surface area contributed by atoms with Crippen LogP contribution in [0.4, 0.5) is 0 Å². The third-order valence-corrected chi connectivity index (χ3v) is 5.56. The number of carbonyl (C=O) groups excluding carboxylic acids is 1. The highest BCUT2D eigenvalue weighted by Crippen LogP contribution is 2.29.